The summed E-state index contributed by atoms with van der Waals surface area (Å²) in [5, 5.41) is 1.21. The highest BCUT2D eigenvalue weighted by atomic mass is 35.5. The van der Waals surface area contributed by atoms with Crippen molar-refractivity contribution in [2.75, 3.05) is 18.6 Å². The third-order valence-corrected chi connectivity index (χ3v) is 5.86. The van der Waals surface area contributed by atoms with E-state index in [4.69, 9.17) is 16.3 Å². The number of halogens is 1. The smallest absolute Gasteiger partial charge is 0.260 e. The van der Waals surface area contributed by atoms with E-state index in [1.54, 1.807) is 42.7 Å². The molecule has 8 heteroatoms. The summed E-state index contributed by atoms with van der Waals surface area (Å²) in [5.41, 5.74) is 1.27. The number of para-hydroxylation sites is 1. The molecule has 0 atom stereocenters. The van der Waals surface area contributed by atoms with Gasteiger partial charge in [0.1, 0.15) is 11.3 Å². The Labute approximate surface area is 177 Å². The number of benzene rings is 2. The van der Waals surface area contributed by atoms with Gasteiger partial charge in [-0.2, -0.15) is 0 Å². The molecule has 148 valence electrons. The predicted molar refractivity (Wildman–Crippen MR) is 116 cm³/mol. The van der Waals surface area contributed by atoms with Gasteiger partial charge in [-0.25, -0.2) is 9.97 Å². The molecule has 0 fully saturated rings. The van der Waals surface area contributed by atoms with Gasteiger partial charge >= 0.3 is 0 Å². The number of ether oxygens (including phenoxy) is 1. The minimum Gasteiger partial charge on any atom is -0.497 e. The first kappa shape index (κ1) is 19.4. The molecule has 2 aromatic heterocycles. The molecule has 6 nitrogen and oxygen atoms in total. The maximum absolute atomic E-state index is 13.4. The van der Waals surface area contributed by atoms with Crippen LogP contribution in [0.25, 0.3) is 10.2 Å². The van der Waals surface area contributed by atoms with Gasteiger partial charge in [0, 0.05) is 31.0 Å². The van der Waals surface area contributed by atoms with Crippen molar-refractivity contribution in [2.45, 2.75) is 13.0 Å². The molecule has 0 saturated carbocycles. The number of aryl methyl sites for hydroxylation is 1. The van der Waals surface area contributed by atoms with Crippen LogP contribution >= 0.6 is 22.9 Å². The molecule has 29 heavy (non-hydrogen) atoms. The van der Waals surface area contributed by atoms with Crippen LogP contribution in [0.15, 0.2) is 61.2 Å². The molecular weight excluding hydrogens is 408 g/mol. The topological polar surface area (TPSA) is 60.2 Å². The van der Waals surface area contributed by atoms with E-state index in [9.17, 15) is 4.79 Å². The van der Waals surface area contributed by atoms with Gasteiger partial charge < -0.3 is 9.30 Å². The fraction of sp³-hybridized carbons (Fsp3) is 0.190. The number of anilines is 1. The maximum Gasteiger partial charge on any atom is 0.260 e. The van der Waals surface area contributed by atoms with Crippen LogP contribution in [0.4, 0.5) is 5.13 Å². The molecule has 0 aliphatic carbocycles. The first-order valence-electron chi connectivity index (χ1n) is 9.12. The van der Waals surface area contributed by atoms with Crippen LogP contribution in [0.1, 0.15) is 16.8 Å². The van der Waals surface area contributed by atoms with Crippen molar-refractivity contribution in [3.8, 4) is 5.75 Å². The van der Waals surface area contributed by atoms with Gasteiger partial charge in [0.2, 0.25) is 0 Å². The Hall–Kier alpha value is -2.90. The summed E-state index contributed by atoms with van der Waals surface area (Å²) in [6.07, 6.45) is 6.18. The Balaban J connectivity index is 1.65. The number of carbonyl (C=O) groups excluding carboxylic acids is 1. The van der Waals surface area contributed by atoms with Crippen molar-refractivity contribution >= 4 is 44.2 Å². The standard InChI is InChI=1S/C21H19ClN4O2S/c1-28-16-6-2-5-15(13-16)20(27)26(11-4-10-25-12-9-23-14-25)21-24-19-17(22)7-3-8-18(19)29-21/h2-3,5-9,12-14H,4,10-11H2,1H3. The van der Waals surface area contributed by atoms with Crippen molar-refractivity contribution in [2.24, 2.45) is 0 Å². The predicted octanol–water partition coefficient (Wildman–Crippen LogP) is 4.89. The Bertz CT molecular complexity index is 1130. The number of nitrogens with zero attached hydrogens (tertiary/aromatic N) is 4. The van der Waals surface area contributed by atoms with E-state index in [1.807, 2.05) is 35.0 Å². The lowest BCUT2D eigenvalue weighted by Gasteiger charge is -2.20. The Morgan fingerprint density at radius 1 is 1.28 bits per heavy atom. The molecule has 0 N–H and O–H groups in total. The lowest BCUT2D eigenvalue weighted by atomic mass is 10.2. The number of thiazole rings is 1. The van der Waals surface area contributed by atoms with Gasteiger partial charge in [0.15, 0.2) is 5.13 Å². The monoisotopic (exact) mass is 426 g/mol. The summed E-state index contributed by atoms with van der Waals surface area (Å²) in [6, 6.07) is 12.8. The molecule has 0 radical (unpaired) electrons. The van der Waals surface area contributed by atoms with Crippen LogP contribution in [-0.2, 0) is 6.54 Å². The third-order valence-electron chi connectivity index (χ3n) is 4.51. The summed E-state index contributed by atoms with van der Waals surface area (Å²) in [6.45, 7) is 1.28. The van der Waals surface area contributed by atoms with Crippen LogP contribution in [-0.4, -0.2) is 34.1 Å². The number of amides is 1. The van der Waals surface area contributed by atoms with Gasteiger partial charge in [-0.15, -0.1) is 0 Å². The number of methoxy groups -OCH3 is 1. The van der Waals surface area contributed by atoms with E-state index < -0.39 is 0 Å². The molecule has 4 rings (SSSR count). The van der Waals surface area contributed by atoms with E-state index >= 15 is 0 Å². The summed E-state index contributed by atoms with van der Waals surface area (Å²) in [7, 11) is 1.59. The number of imidazole rings is 1. The number of fused-ring (bicyclic) bond motifs is 1. The molecule has 4 aromatic rings. The summed E-state index contributed by atoms with van der Waals surface area (Å²) in [4.78, 5) is 23.8. The second-order valence-corrected chi connectivity index (χ2v) is 7.84. The van der Waals surface area contributed by atoms with Crippen molar-refractivity contribution < 1.29 is 9.53 Å². The van der Waals surface area contributed by atoms with Gasteiger partial charge in [-0.1, -0.05) is 35.1 Å². The number of rotatable bonds is 7. The van der Waals surface area contributed by atoms with Crippen molar-refractivity contribution in [1.29, 1.82) is 0 Å². The third kappa shape index (κ3) is 4.26. The molecule has 2 aromatic carbocycles. The highest BCUT2D eigenvalue weighted by molar-refractivity contribution is 7.22. The van der Waals surface area contributed by atoms with E-state index in [1.165, 1.54) is 11.3 Å². The van der Waals surface area contributed by atoms with Crippen LogP contribution in [0.2, 0.25) is 5.02 Å². The lowest BCUT2D eigenvalue weighted by molar-refractivity contribution is 0.0986. The molecule has 1 amide bonds. The average Bonchev–Trinajstić information content (AvgIpc) is 3.41. The Morgan fingerprint density at radius 2 is 2.14 bits per heavy atom. The first-order valence-corrected chi connectivity index (χ1v) is 10.3. The van der Waals surface area contributed by atoms with E-state index in [-0.39, 0.29) is 5.91 Å². The van der Waals surface area contributed by atoms with Gasteiger partial charge in [0.05, 0.1) is 23.2 Å². The molecule has 2 heterocycles. The zero-order chi connectivity index (χ0) is 20.2. The fourth-order valence-corrected chi connectivity index (χ4v) is 4.33. The van der Waals surface area contributed by atoms with Gasteiger partial charge in [-0.3, -0.25) is 9.69 Å². The molecule has 0 aliphatic heterocycles. The Kier molecular flexibility index (Phi) is 5.78. The summed E-state index contributed by atoms with van der Waals surface area (Å²) in [5.74, 6) is 0.520. The normalized spacial score (nSPS) is 11.0. The highest BCUT2D eigenvalue weighted by Gasteiger charge is 2.22. The SMILES string of the molecule is COc1cccc(C(=O)N(CCCn2ccnc2)c2nc3c(Cl)cccc3s2)c1. The largest absolute Gasteiger partial charge is 0.497 e. The molecular formula is C21H19ClN4O2S. The molecule has 0 aliphatic rings. The summed E-state index contributed by atoms with van der Waals surface area (Å²) >= 11 is 7.76. The molecule has 0 spiro atoms. The lowest BCUT2D eigenvalue weighted by Crippen LogP contribution is -2.32. The maximum atomic E-state index is 13.4. The quantitative estimate of drug-likeness (QED) is 0.422. The number of hydrogen-bond acceptors (Lipinski definition) is 5. The van der Waals surface area contributed by atoms with E-state index in [0.717, 1.165) is 17.7 Å². The molecule has 0 bridgehead atoms. The van der Waals surface area contributed by atoms with Crippen LogP contribution in [0.5, 0.6) is 5.75 Å². The second kappa shape index (κ2) is 8.63. The highest BCUT2D eigenvalue weighted by Crippen LogP contribution is 2.33. The van der Waals surface area contributed by atoms with Crippen molar-refractivity contribution in [3.05, 3.63) is 71.8 Å². The number of aromatic nitrogens is 3. The zero-order valence-corrected chi connectivity index (χ0v) is 17.4. The van der Waals surface area contributed by atoms with Crippen LogP contribution in [0, 0.1) is 0 Å². The minimum absolute atomic E-state index is 0.121. The summed E-state index contributed by atoms with van der Waals surface area (Å²) < 4.78 is 8.21. The van der Waals surface area contributed by atoms with Gasteiger partial charge in [-0.05, 0) is 36.8 Å². The molecule has 0 saturated heterocycles. The van der Waals surface area contributed by atoms with E-state index in [2.05, 4.69) is 9.97 Å². The van der Waals surface area contributed by atoms with Crippen LogP contribution < -0.4 is 9.64 Å². The Morgan fingerprint density at radius 3 is 2.90 bits per heavy atom. The minimum atomic E-state index is -0.121. The molecule has 0 unspecified atom stereocenters. The number of carbonyl (C=O) groups is 1. The fourth-order valence-electron chi connectivity index (χ4n) is 3.05. The first-order chi connectivity index (χ1) is 14.2. The van der Waals surface area contributed by atoms with Gasteiger partial charge in [0.25, 0.3) is 5.91 Å². The van der Waals surface area contributed by atoms with E-state index in [0.29, 0.717) is 33.5 Å². The second-order valence-electron chi connectivity index (χ2n) is 6.43. The van der Waals surface area contributed by atoms with Crippen molar-refractivity contribution in [1.82, 2.24) is 14.5 Å². The zero-order valence-electron chi connectivity index (χ0n) is 15.8. The van der Waals surface area contributed by atoms with Crippen molar-refractivity contribution in [3.63, 3.8) is 0 Å². The number of hydrogen-bond donors (Lipinski definition) is 0. The average molecular weight is 427 g/mol. The van der Waals surface area contributed by atoms with Crippen LogP contribution in [0.3, 0.4) is 0 Å².